The van der Waals surface area contributed by atoms with Crippen LogP contribution in [0.4, 0.5) is 4.39 Å². The lowest BCUT2D eigenvalue weighted by molar-refractivity contribution is -0.144. The number of fused-ring (bicyclic) bond motifs is 1. The maximum atomic E-state index is 13.2. The van der Waals surface area contributed by atoms with Gasteiger partial charge in [0.2, 0.25) is 0 Å². The summed E-state index contributed by atoms with van der Waals surface area (Å²) in [5.74, 6) is -0.753. The van der Waals surface area contributed by atoms with Crippen molar-refractivity contribution < 1.29 is 13.9 Å². The number of H-pyrrole nitrogens is 1. The molecule has 0 saturated carbocycles. The largest absolute Gasteiger partial charge is 0.465 e. The van der Waals surface area contributed by atoms with E-state index in [0.717, 1.165) is 16.5 Å². The van der Waals surface area contributed by atoms with Gasteiger partial charge in [0.05, 0.1) is 6.61 Å². The van der Waals surface area contributed by atoms with Crippen LogP contribution in [0.15, 0.2) is 24.4 Å². The maximum Gasteiger partial charge on any atom is 0.323 e. The zero-order valence-corrected chi connectivity index (χ0v) is 10.1. The van der Waals surface area contributed by atoms with Crippen LogP contribution in [0, 0.1) is 5.82 Å². The Kier molecular flexibility index (Phi) is 3.62. The number of aromatic nitrogens is 1. The summed E-state index contributed by atoms with van der Waals surface area (Å²) in [4.78, 5) is 14.5. The van der Waals surface area contributed by atoms with E-state index in [1.165, 1.54) is 12.1 Å². The Morgan fingerprint density at radius 1 is 1.56 bits per heavy atom. The molecule has 0 amide bonds. The number of rotatable bonds is 4. The predicted molar refractivity (Wildman–Crippen MR) is 66.6 cm³/mol. The SMILES string of the molecule is CCOC(=O)[C@H](N)Cc1c[nH]c2ccc(F)cc12. The van der Waals surface area contributed by atoms with Gasteiger partial charge in [0.25, 0.3) is 0 Å². The fourth-order valence-electron chi connectivity index (χ4n) is 1.89. The molecule has 3 N–H and O–H groups in total. The van der Waals surface area contributed by atoms with Crippen molar-refractivity contribution in [2.24, 2.45) is 5.73 Å². The predicted octanol–water partition coefficient (Wildman–Crippen LogP) is 1.74. The monoisotopic (exact) mass is 250 g/mol. The summed E-state index contributed by atoms with van der Waals surface area (Å²) >= 11 is 0. The molecule has 5 heteroatoms. The zero-order valence-electron chi connectivity index (χ0n) is 10.1. The van der Waals surface area contributed by atoms with Crippen LogP contribution >= 0.6 is 0 Å². The number of nitrogens with two attached hydrogens (primary N) is 1. The molecule has 0 fully saturated rings. The van der Waals surface area contributed by atoms with Crippen molar-refractivity contribution in [3.05, 3.63) is 35.8 Å². The van der Waals surface area contributed by atoms with Gasteiger partial charge in [-0.05, 0) is 30.7 Å². The Bertz CT molecular complexity index is 565. The lowest BCUT2D eigenvalue weighted by atomic mass is 10.1. The number of hydrogen-bond acceptors (Lipinski definition) is 3. The average molecular weight is 250 g/mol. The van der Waals surface area contributed by atoms with Gasteiger partial charge >= 0.3 is 5.97 Å². The smallest absolute Gasteiger partial charge is 0.323 e. The highest BCUT2D eigenvalue weighted by Crippen LogP contribution is 2.20. The molecule has 0 spiro atoms. The fourth-order valence-corrected chi connectivity index (χ4v) is 1.89. The van der Waals surface area contributed by atoms with Crippen molar-refractivity contribution in [1.29, 1.82) is 0 Å². The summed E-state index contributed by atoms with van der Waals surface area (Å²) in [7, 11) is 0. The quantitative estimate of drug-likeness (QED) is 0.812. The Morgan fingerprint density at radius 3 is 3.06 bits per heavy atom. The van der Waals surface area contributed by atoms with Gasteiger partial charge in [0, 0.05) is 23.5 Å². The van der Waals surface area contributed by atoms with E-state index >= 15 is 0 Å². The summed E-state index contributed by atoms with van der Waals surface area (Å²) in [6.07, 6.45) is 2.06. The first kappa shape index (κ1) is 12.6. The molecular formula is C13H15FN2O2. The highest BCUT2D eigenvalue weighted by molar-refractivity contribution is 5.84. The van der Waals surface area contributed by atoms with E-state index < -0.39 is 12.0 Å². The molecule has 2 rings (SSSR count). The van der Waals surface area contributed by atoms with Crippen LogP contribution in [0.2, 0.25) is 0 Å². The fraction of sp³-hybridized carbons (Fsp3) is 0.308. The number of nitrogens with one attached hydrogen (secondary N) is 1. The van der Waals surface area contributed by atoms with Crippen molar-refractivity contribution in [2.75, 3.05) is 6.61 Å². The third-order valence-electron chi connectivity index (χ3n) is 2.76. The van der Waals surface area contributed by atoms with Crippen LogP contribution in [0.1, 0.15) is 12.5 Å². The molecule has 4 nitrogen and oxygen atoms in total. The van der Waals surface area contributed by atoms with Crippen LogP contribution < -0.4 is 5.73 Å². The number of halogens is 1. The first-order chi connectivity index (χ1) is 8.61. The van der Waals surface area contributed by atoms with Gasteiger partial charge in [-0.15, -0.1) is 0 Å². The van der Waals surface area contributed by atoms with Gasteiger partial charge in [-0.1, -0.05) is 0 Å². The lowest BCUT2D eigenvalue weighted by Gasteiger charge is -2.09. The minimum atomic E-state index is -0.729. The summed E-state index contributed by atoms with van der Waals surface area (Å²) in [6.45, 7) is 2.03. The molecule has 18 heavy (non-hydrogen) atoms. The number of hydrogen-bond donors (Lipinski definition) is 2. The number of benzene rings is 1. The van der Waals surface area contributed by atoms with Crippen molar-refractivity contribution in [1.82, 2.24) is 4.98 Å². The van der Waals surface area contributed by atoms with E-state index in [1.807, 2.05) is 0 Å². The molecule has 0 unspecified atom stereocenters. The topological polar surface area (TPSA) is 68.1 Å². The van der Waals surface area contributed by atoms with Gasteiger partial charge in [0.15, 0.2) is 0 Å². The molecule has 0 aliphatic rings. The van der Waals surface area contributed by atoms with Crippen LogP contribution in [0.3, 0.4) is 0 Å². The first-order valence-electron chi connectivity index (χ1n) is 5.79. The second kappa shape index (κ2) is 5.18. The van der Waals surface area contributed by atoms with Gasteiger partial charge in [-0.3, -0.25) is 4.79 Å². The number of aromatic amines is 1. The second-order valence-corrected chi connectivity index (χ2v) is 4.07. The molecular weight excluding hydrogens is 235 g/mol. The van der Waals surface area contributed by atoms with Crippen LogP contribution in [-0.2, 0) is 16.0 Å². The van der Waals surface area contributed by atoms with Crippen molar-refractivity contribution in [3.63, 3.8) is 0 Å². The standard InChI is InChI=1S/C13H15FN2O2/c1-2-18-13(17)11(15)5-8-7-16-12-4-3-9(14)6-10(8)12/h3-4,6-7,11,16H,2,5,15H2,1H3/t11-/m1/s1. The molecule has 1 heterocycles. The number of ether oxygens (including phenoxy) is 1. The normalized spacial score (nSPS) is 12.6. The molecule has 96 valence electrons. The van der Waals surface area contributed by atoms with Crippen LogP contribution in [-0.4, -0.2) is 23.6 Å². The van der Waals surface area contributed by atoms with Crippen molar-refractivity contribution in [2.45, 2.75) is 19.4 Å². The Balaban J connectivity index is 2.21. The summed E-state index contributed by atoms with van der Waals surface area (Å²) < 4.78 is 18.0. The van der Waals surface area contributed by atoms with E-state index in [1.54, 1.807) is 19.2 Å². The van der Waals surface area contributed by atoms with Gasteiger partial charge in [-0.25, -0.2) is 4.39 Å². The van der Waals surface area contributed by atoms with E-state index in [0.29, 0.717) is 13.0 Å². The van der Waals surface area contributed by atoms with E-state index in [9.17, 15) is 9.18 Å². The number of esters is 1. The van der Waals surface area contributed by atoms with Gasteiger partial charge < -0.3 is 15.5 Å². The average Bonchev–Trinajstić information content (AvgIpc) is 2.72. The van der Waals surface area contributed by atoms with Crippen LogP contribution in [0.25, 0.3) is 10.9 Å². The Morgan fingerprint density at radius 2 is 2.33 bits per heavy atom. The second-order valence-electron chi connectivity index (χ2n) is 4.07. The van der Waals surface area contributed by atoms with E-state index in [-0.39, 0.29) is 5.82 Å². The third kappa shape index (κ3) is 2.51. The highest BCUT2D eigenvalue weighted by Gasteiger charge is 2.17. The van der Waals surface area contributed by atoms with Crippen molar-refractivity contribution >= 4 is 16.9 Å². The molecule has 1 atom stereocenters. The van der Waals surface area contributed by atoms with Crippen molar-refractivity contribution in [3.8, 4) is 0 Å². The molecule has 0 aliphatic carbocycles. The Hall–Kier alpha value is -1.88. The zero-order chi connectivity index (χ0) is 13.1. The Labute approximate surface area is 104 Å². The number of carbonyl (C=O) groups is 1. The molecule has 0 radical (unpaired) electrons. The van der Waals surface area contributed by atoms with Crippen LogP contribution in [0.5, 0.6) is 0 Å². The maximum absolute atomic E-state index is 13.2. The lowest BCUT2D eigenvalue weighted by Crippen LogP contribution is -2.34. The molecule has 0 bridgehead atoms. The van der Waals surface area contributed by atoms with Gasteiger partial charge in [0.1, 0.15) is 11.9 Å². The number of carbonyl (C=O) groups excluding carboxylic acids is 1. The molecule has 1 aromatic heterocycles. The summed E-state index contributed by atoms with van der Waals surface area (Å²) in [5.41, 5.74) is 7.37. The third-order valence-corrected chi connectivity index (χ3v) is 2.76. The molecule has 1 aromatic carbocycles. The molecule has 2 aromatic rings. The van der Waals surface area contributed by atoms with Gasteiger partial charge in [-0.2, -0.15) is 0 Å². The minimum Gasteiger partial charge on any atom is -0.465 e. The molecule has 0 aliphatic heterocycles. The first-order valence-corrected chi connectivity index (χ1v) is 5.79. The summed E-state index contributed by atoms with van der Waals surface area (Å²) in [5, 5.41) is 0.745. The summed E-state index contributed by atoms with van der Waals surface area (Å²) in [6, 6.07) is 3.74. The highest BCUT2D eigenvalue weighted by atomic mass is 19.1. The van der Waals surface area contributed by atoms with E-state index in [4.69, 9.17) is 10.5 Å². The minimum absolute atomic E-state index is 0.301. The van der Waals surface area contributed by atoms with E-state index in [2.05, 4.69) is 4.98 Å². The molecule has 0 saturated heterocycles.